The van der Waals surface area contributed by atoms with Crippen LogP contribution >= 0.6 is 0 Å². The van der Waals surface area contributed by atoms with Gasteiger partial charge < -0.3 is 10.2 Å². The predicted molar refractivity (Wildman–Crippen MR) is 63.4 cm³/mol. The molecule has 86 valence electrons. The fourth-order valence-corrected chi connectivity index (χ4v) is 3.20. The first-order chi connectivity index (χ1) is 7.77. The van der Waals surface area contributed by atoms with E-state index in [9.17, 15) is 4.39 Å². The zero-order chi connectivity index (χ0) is 11.1. The number of hydrogen-bond donors (Lipinski definition) is 1. The summed E-state index contributed by atoms with van der Waals surface area (Å²) in [7, 11) is 1.99. The molecule has 0 radical (unpaired) electrons. The molecule has 1 N–H and O–H groups in total. The molecule has 3 rings (SSSR count). The molecule has 0 bridgehead atoms. The Kier molecular flexibility index (Phi) is 2.36. The molecule has 1 fully saturated rings. The Morgan fingerprint density at radius 2 is 2.31 bits per heavy atom. The molecule has 2 atom stereocenters. The third kappa shape index (κ3) is 1.42. The van der Waals surface area contributed by atoms with Crippen molar-refractivity contribution in [3.05, 3.63) is 29.6 Å². The Hall–Kier alpha value is -1.09. The smallest absolute Gasteiger partial charge is 0.146 e. The van der Waals surface area contributed by atoms with Crippen LogP contribution < -0.4 is 10.2 Å². The summed E-state index contributed by atoms with van der Waals surface area (Å²) >= 11 is 0. The maximum atomic E-state index is 13.8. The number of anilines is 1. The van der Waals surface area contributed by atoms with Crippen molar-refractivity contribution in [3.63, 3.8) is 0 Å². The molecule has 0 aromatic heterocycles. The second-order valence-corrected chi connectivity index (χ2v) is 4.92. The number of nitrogens with one attached hydrogen (secondary N) is 1. The van der Waals surface area contributed by atoms with Gasteiger partial charge in [0.05, 0.1) is 5.69 Å². The van der Waals surface area contributed by atoms with Gasteiger partial charge in [-0.15, -0.1) is 0 Å². The summed E-state index contributed by atoms with van der Waals surface area (Å²) in [5.41, 5.74) is 2.03. The van der Waals surface area contributed by atoms with Crippen LogP contribution in [0.5, 0.6) is 0 Å². The monoisotopic (exact) mass is 220 g/mol. The lowest BCUT2D eigenvalue weighted by Crippen LogP contribution is -2.45. The fourth-order valence-electron chi connectivity index (χ4n) is 3.20. The Labute approximate surface area is 95.4 Å². The molecule has 3 heteroatoms. The van der Waals surface area contributed by atoms with Crippen LogP contribution in [0.3, 0.4) is 0 Å². The minimum Gasteiger partial charge on any atom is -0.372 e. The maximum Gasteiger partial charge on any atom is 0.146 e. The number of fused-ring (bicyclic) bond motifs is 3. The van der Waals surface area contributed by atoms with E-state index in [2.05, 4.69) is 16.3 Å². The van der Waals surface area contributed by atoms with Gasteiger partial charge in [-0.25, -0.2) is 4.39 Å². The van der Waals surface area contributed by atoms with E-state index in [1.54, 1.807) is 6.07 Å². The number of hydrogen-bond acceptors (Lipinski definition) is 2. The molecular weight excluding hydrogens is 203 g/mol. The van der Waals surface area contributed by atoms with Crippen molar-refractivity contribution in [2.75, 3.05) is 31.6 Å². The normalized spacial score (nSPS) is 28.5. The maximum absolute atomic E-state index is 13.8. The number of halogens is 1. The van der Waals surface area contributed by atoms with Gasteiger partial charge in [0.25, 0.3) is 0 Å². The van der Waals surface area contributed by atoms with E-state index in [0.29, 0.717) is 11.8 Å². The van der Waals surface area contributed by atoms with Gasteiger partial charge in [0.1, 0.15) is 5.82 Å². The van der Waals surface area contributed by atoms with Gasteiger partial charge in [-0.3, -0.25) is 0 Å². The zero-order valence-electron chi connectivity index (χ0n) is 9.54. The highest BCUT2D eigenvalue weighted by Crippen LogP contribution is 2.41. The lowest BCUT2D eigenvalue weighted by Gasteiger charge is -2.42. The first-order valence-electron chi connectivity index (χ1n) is 5.97. The molecule has 2 aliphatic heterocycles. The molecule has 1 aromatic carbocycles. The molecule has 0 amide bonds. The van der Waals surface area contributed by atoms with Crippen molar-refractivity contribution in [1.29, 1.82) is 0 Å². The largest absolute Gasteiger partial charge is 0.372 e. The molecule has 2 aliphatic rings. The first-order valence-corrected chi connectivity index (χ1v) is 5.97. The quantitative estimate of drug-likeness (QED) is 0.719. The fraction of sp³-hybridized carbons (Fsp3) is 0.538. The lowest BCUT2D eigenvalue weighted by molar-refractivity contribution is 0.316. The molecule has 1 aromatic rings. The zero-order valence-corrected chi connectivity index (χ0v) is 9.54. The lowest BCUT2D eigenvalue weighted by atomic mass is 9.77. The molecule has 0 aliphatic carbocycles. The minimum atomic E-state index is -0.0722. The van der Waals surface area contributed by atoms with Gasteiger partial charge in [-0.2, -0.15) is 0 Å². The molecule has 1 saturated heterocycles. The topological polar surface area (TPSA) is 15.3 Å². The third-order valence-electron chi connectivity index (χ3n) is 3.92. The Morgan fingerprint density at radius 3 is 3.19 bits per heavy atom. The van der Waals surface area contributed by atoms with Crippen molar-refractivity contribution in [3.8, 4) is 0 Å². The van der Waals surface area contributed by atoms with Crippen LogP contribution in [0.1, 0.15) is 17.9 Å². The highest BCUT2D eigenvalue weighted by molar-refractivity contribution is 5.58. The number of benzene rings is 1. The Bertz CT molecular complexity index is 405. The van der Waals surface area contributed by atoms with Crippen LogP contribution in [0.15, 0.2) is 18.2 Å². The summed E-state index contributed by atoms with van der Waals surface area (Å²) in [6.45, 7) is 3.08. The second-order valence-electron chi connectivity index (χ2n) is 4.92. The van der Waals surface area contributed by atoms with Crippen LogP contribution in [0.2, 0.25) is 0 Å². The van der Waals surface area contributed by atoms with Gasteiger partial charge in [-0.05, 0) is 36.4 Å². The van der Waals surface area contributed by atoms with Crippen LogP contribution in [-0.4, -0.2) is 26.7 Å². The van der Waals surface area contributed by atoms with Crippen LogP contribution in [0.25, 0.3) is 0 Å². The summed E-state index contributed by atoms with van der Waals surface area (Å²) < 4.78 is 13.8. The Morgan fingerprint density at radius 1 is 1.44 bits per heavy atom. The molecule has 0 spiro atoms. The van der Waals surface area contributed by atoms with Gasteiger partial charge in [0, 0.05) is 20.1 Å². The molecule has 2 nitrogen and oxygen atoms in total. The summed E-state index contributed by atoms with van der Waals surface area (Å²) in [6.07, 6.45) is 1.13. The highest BCUT2D eigenvalue weighted by atomic mass is 19.1. The molecular formula is C13H17FN2. The van der Waals surface area contributed by atoms with Crippen LogP contribution in [-0.2, 0) is 0 Å². The van der Waals surface area contributed by atoms with Crippen molar-refractivity contribution in [2.45, 2.75) is 12.3 Å². The Balaban J connectivity index is 2.08. The van der Waals surface area contributed by atoms with E-state index < -0.39 is 0 Å². The minimum absolute atomic E-state index is 0.0722. The second kappa shape index (κ2) is 3.74. The highest BCUT2D eigenvalue weighted by Gasteiger charge is 2.34. The van der Waals surface area contributed by atoms with E-state index in [-0.39, 0.29) is 5.82 Å². The molecule has 2 unspecified atom stereocenters. The number of rotatable bonds is 0. The summed E-state index contributed by atoms with van der Waals surface area (Å²) in [6, 6.07) is 5.50. The third-order valence-corrected chi connectivity index (χ3v) is 3.92. The number of piperidine rings is 1. The molecule has 16 heavy (non-hydrogen) atoms. The van der Waals surface area contributed by atoms with Crippen molar-refractivity contribution >= 4 is 5.69 Å². The first kappa shape index (κ1) is 10.1. The van der Waals surface area contributed by atoms with Crippen molar-refractivity contribution < 1.29 is 4.39 Å². The van der Waals surface area contributed by atoms with Gasteiger partial charge in [0.15, 0.2) is 0 Å². The van der Waals surface area contributed by atoms with E-state index >= 15 is 0 Å². The molecule has 0 saturated carbocycles. The van der Waals surface area contributed by atoms with E-state index in [1.807, 2.05) is 13.1 Å². The number of para-hydroxylation sites is 1. The van der Waals surface area contributed by atoms with E-state index in [0.717, 1.165) is 31.7 Å². The standard InChI is InChI=1S/C13H17FN2/c1-16-8-9-7-15-6-5-10(9)11-3-2-4-12(14)13(11)16/h2-4,9-10,15H,5-8H2,1H3. The average Bonchev–Trinajstić information content (AvgIpc) is 2.29. The number of nitrogens with zero attached hydrogens (tertiary/aromatic N) is 1. The van der Waals surface area contributed by atoms with Crippen LogP contribution in [0, 0.1) is 11.7 Å². The van der Waals surface area contributed by atoms with Crippen LogP contribution in [0.4, 0.5) is 10.1 Å². The SMILES string of the molecule is CN1CC2CNCCC2c2cccc(F)c21. The van der Waals surface area contributed by atoms with Crippen molar-refractivity contribution in [1.82, 2.24) is 5.32 Å². The van der Waals surface area contributed by atoms with E-state index in [1.165, 1.54) is 5.56 Å². The van der Waals surface area contributed by atoms with Gasteiger partial charge in [0.2, 0.25) is 0 Å². The molecule has 2 heterocycles. The van der Waals surface area contributed by atoms with E-state index in [4.69, 9.17) is 0 Å². The van der Waals surface area contributed by atoms with Crippen molar-refractivity contribution in [2.24, 2.45) is 5.92 Å². The summed E-state index contributed by atoms with van der Waals surface area (Å²) in [4.78, 5) is 2.07. The van der Waals surface area contributed by atoms with Gasteiger partial charge in [-0.1, -0.05) is 12.1 Å². The van der Waals surface area contributed by atoms with Gasteiger partial charge >= 0.3 is 0 Å². The summed E-state index contributed by atoms with van der Waals surface area (Å²) in [5.74, 6) is 1.10. The average molecular weight is 220 g/mol. The summed E-state index contributed by atoms with van der Waals surface area (Å²) in [5, 5.41) is 3.43. The predicted octanol–water partition coefficient (Wildman–Crippen LogP) is 1.97.